The number of benzene rings is 2. The molecule has 0 radical (unpaired) electrons. The maximum Gasteiger partial charge on any atom is 0.171 e. The Morgan fingerprint density at radius 2 is 0.943 bits per heavy atom. The number of nitrogens with one attached hydrogen (secondary N) is 2. The standard InChI is InChI=1S/C26H30Cl2N6S/c1-23(2,3)25(21-29-15-31-33-21,17-7-11-19(27)12-8-17)35-26(24(4,5)6,22-30-16-32-34-22)18-9-13-20(28)14-10-18/h7-16H,1-6H3,(H,29,31,33)(H,30,32,34). The third-order valence-electron chi connectivity index (χ3n) is 6.38. The van der Waals surface area contributed by atoms with Crippen molar-refractivity contribution in [3.63, 3.8) is 0 Å². The molecular weight excluding hydrogens is 499 g/mol. The zero-order valence-electron chi connectivity index (χ0n) is 20.7. The van der Waals surface area contributed by atoms with Crippen molar-refractivity contribution in [2.45, 2.75) is 51.0 Å². The van der Waals surface area contributed by atoms with E-state index in [1.807, 2.05) is 24.3 Å². The molecule has 0 fully saturated rings. The Balaban J connectivity index is 2.12. The molecule has 0 aliphatic rings. The number of thioether (sulfide) groups is 1. The van der Waals surface area contributed by atoms with E-state index in [2.05, 4.69) is 86.2 Å². The third kappa shape index (κ3) is 4.39. The van der Waals surface area contributed by atoms with Crippen molar-refractivity contribution >= 4 is 35.0 Å². The summed E-state index contributed by atoms with van der Waals surface area (Å²) in [5, 5.41) is 16.5. The van der Waals surface area contributed by atoms with Gasteiger partial charge in [-0.2, -0.15) is 10.2 Å². The van der Waals surface area contributed by atoms with E-state index in [-0.39, 0.29) is 10.8 Å². The highest BCUT2D eigenvalue weighted by molar-refractivity contribution is 8.01. The molecule has 2 atom stereocenters. The van der Waals surface area contributed by atoms with Crippen molar-refractivity contribution in [2.75, 3.05) is 0 Å². The fraction of sp³-hybridized carbons (Fsp3) is 0.385. The molecule has 184 valence electrons. The zero-order chi connectivity index (χ0) is 25.5. The minimum Gasteiger partial charge on any atom is -0.266 e. The van der Waals surface area contributed by atoms with Crippen LogP contribution >= 0.6 is 35.0 Å². The van der Waals surface area contributed by atoms with Gasteiger partial charge in [-0.25, -0.2) is 9.97 Å². The molecule has 2 unspecified atom stereocenters. The lowest BCUT2D eigenvalue weighted by atomic mass is 9.73. The first-order valence-corrected chi connectivity index (χ1v) is 12.9. The summed E-state index contributed by atoms with van der Waals surface area (Å²) in [5.41, 5.74) is 1.40. The number of hydrogen-bond donors (Lipinski definition) is 2. The smallest absolute Gasteiger partial charge is 0.171 e. The van der Waals surface area contributed by atoms with Gasteiger partial charge in [0.05, 0.1) is 0 Å². The van der Waals surface area contributed by atoms with Gasteiger partial charge in [-0.05, 0) is 46.2 Å². The van der Waals surface area contributed by atoms with Crippen LogP contribution in [0.15, 0.2) is 61.2 Å². The van der Waals surface area contributed by atoms with E-state index < -0.39 is 9.49 Å². The minimum absolute atomic E-state index is 0.340. The number of nitrogens with zero attached hydrogens (tertiary/aromatic N) is 4. The van der Waals surface area contributed by atoms with E-state index in [0.717, 1.165) is 11.1 Å². The Morgan fingerprint density at radius 1 is 0.600 bits per heavy atom. The molecule has 4 rings (SSSR count). The Morgan fingerprint density at radius 3 is 1.20 bits per heavy atom. The lowest BCUT2D eigenvalue weighted by molar-refractivity contribution is 0.283. The van der Waals surface area contributed by atoms with E-state index >= 15 is 0 Å². The van der Waals surface area contributed by atoms with Crippen LogP contribution in [-0.2, 0) is 9.49 Å². The topological polar surface area (TPSA) is 83.1 Å². The van der Waals surface area contributed by atoms with Crippen LogP contribution in [-0.4, -0.2) is 30.4 Å². The summed E-state index contributed by atoms with van der Waals surface area (Å²) in [6, 6.07) is 15.9. The van der Waals surface area contributed by atoms with Crippen molar-refractivity contribution < 1.29 is 0 Å². The Labute approximate surface area is 220 Å². The van der Waals surface area contributed by atoms with Crippen molar-refractivity contribution in [2.24, 2.45) is 10.8 Å². The van der Waals surface area contributed by atoms with Crippen LogP contribution in [0.4, 0.5) is 0 Å². The van der Waals surface area contributed by atoms with Gasteiger partial charge in [0.2, 0.25) is 0 Å². The second-order valence-electron chi connectivity index (χ2n) is 10.6. The first kappa shape index (κ1) is 25.7. The third-order valence-corrected chi connectivity index (χ3v) is 9.56. The quantitative estimate of drug-likeness (QED) is 0.275. The number of aromatic nitrogens is 6. The molecule has 0 aliphatic carbocycles. The van der Waals surface area contributed by atoms with E-state index in [9.17, 15) is 0 Å². The van der Waals surface area contributed by atoms with Crippen LogP contribution in [0.5, 0.6) is 0 Å². The van der Waals surface area contributed by atoms with Crippen LogP contribution < -0.4 is 0 Å². The van der Waals surface area contributed by atoms with Gasteiger partial charge >= 0.3 is 0 Å². The SMILES string of the molecule is CC(C)(C)C(SC(c1ccc(Cl)cc1)(c1nc[nH]n1)C(C)(C)C)(c1ccc(Cl)cc1)c1nc[nH]n1. The monoisotopic (exact) mass is 528 g/mol. The second kappa shape index (κ2) is 9.26. The summed E-state index contributed by atoms with van der Waals surface area (Å²) in [7, 11) is 0. The van der Waals surface area contributed by atoms with E-state index in [0.29, 0.717) is 21.7 Å². The van der Waals surface area contributed by atoms with Crippen LogP contribution in [0.25, 0.3) is 0 Å². The number of rotatable bonds is 6. The Kier molecular flexibility index (Phi) is 6.81. The molecule has 9 heteroatoms. The van der Waals surface area contributed by atoms with Gasteiger partial charge < -0.3 is 0 Å². The van der Waals surface area contributed by atoms with Gasteiger partial charge in [-0.15, -0.1) is 11.8 Å². The van der Waals surface area contributed by atoms with E-state index in [4.69, 9.17) is 33.2 Å². The number of H-pyrrole nitrogens is 2. The first-order chi connectivity index (χ1) is 16.4. The fourth-order valence-corrected chi connectivity index (χ4v) is 6.88. The van der Waals surface area contributed by atoms with E-state index in [1.54, 1.807) is 24.4 Å². The summed E-state index contributed by atoms with van der Waals surface area (Å²) >= 11 is 14.4. The second-order valence-corrected chi connectivity index (χ2v) is 12.9. The van der Waals surface area contributed by atoms with Crippen molar-refractivity contribution in [3.05, 3.63) is 94.0 Å². The van der Waals surface area contributed by atoms with Gasteiger partial charge in [-0.1, -0.05) is 89.0 Å². The highest BCUT2D eigenvalue weighted by Crippen LogP contribution is 2.66. The average molecular weight is 530 g/mol. The fourth-order valence-electron chi connectivity index (χ4n) is 4.67. The number of aromatic amines is 2. The van der Waals surface area contributed by atoms with Crippen LogP contribution in [0.1, 0.15) is 64.3 Å². The van der Waals surface area contributed by atoms with Crippen LogP contribution in [0.2, 0.25) is 10.0 Å². The largest absolute Gasteiger partial charge is 0.266 e. The molecule has 2 aromatic heterocycles. The zero-order valence-corrected chi connectivity index (χ0v) is 23.1. The predicted molar refractivity (Wildman–Crippen MR) is 144 cm³/mol. The van der Waals surface area contributed by atoms with Gasteiger partial charge in [0, 0.05) is 10.0 Å². The Bertz CT molecular complexity index is 1140. The summed E-state index contributed by atoms with van der Waals surface area (Å²) < 4.78 is -1.43. The molecular formula is C26H30Cl2N6S. The summed E-state index contributed by atoms with van der Waals surface area (Å²) in [5.74, 6) is 1.35. The molecule has 35 heavy (non-hydrogen) atoms. The molecule has 2 N–H and O–H groups in total. The van der Waals surface area contributed by atoms with Gasteiger partial charge in [0.1, 0.15) is 22.1 Å². The summed E-state index contributed by atoms with van der Waals surface area (Å²) in [6.07, 6.45) is 3.25. The molecule has 0 bridgehead atoms. The summed E-state index contributed by atoms with van der Waals surface area (Å²) in [4.78, 5) is 9.44. The van der Waals surface area contributed by atoms with Crippen LogP contribution in [0, 0.1) is 10.8 Å². The maximum atomic E-state index is 6.32. The Hall–Kier alpha value is -2.35. The molecule has 2 heterocycles. The highest BCUT2D eigenvalue weighted by atomic mass is 35.5. The molecule has 4 aromatic rings. The first-order valence-electron chi connectivity index (χ1n) is 11.4. The van der Waals surface area contributed by atoms with Gasteiger partial charge in [0.25, 0.3) is 0 Å². The van der Waals surface area contributed by atoms with E-state index in [1.165, 1.54) is 0 Å². The number of halogens is 2. The number of hydrogen-bond acceptors (Lipinski definition) is 5. The lowest BCUT2D eigenvalue weighted by Gasteiger charge is -2.52. The average Bonchev–Trinajstić information content (AvgIpc) is 3.50. The molecule has 2 aromatic carbocycles. The lowest BCUT2D eigenvalue weighted by Crippen LogP contribution is -2.48. The van der Waals surface area contributed by atoms with Crippen molar-refractivity contribution in [3.8, 4) is 0 Å². The summed E-state index contributed by atoms with van der Waals surface area (Å²) in [6.45, 7) is 13.2. The van der Waals surface area contributed by atoms with Crippen LogP contribution in [0.3, 0.4) is 0 Å². The normalized spacial score (nSPS) is 16.0. The molecule has 6 nitrogen and oxygen atoms in total. The van der Waals surface area contributed by atoms with Crippen molar-refractivity contribution in [1.82, 2.24) is 30.4 Å². The minimum atomic E-state index is -0.717. The molecule has 0 amide bonds. The highest BCUT2D eigenvalue weighted by Gasteiger charge is 2.59. The molecule has 0 saturated carbocycles. The molecule has 0 saturated heterocycles. The van der Waals surface area contributed by atoms with Gasteiger partial charge in [0.15, 0.2) is 11.6 Å². The maximum absolute atomic E-state index is 6.32. The molecule has 0 spiro atoms. The van der Waals surface area contributed by atoms with Crippen molar-refractivity contribution in [1.29, 1.82) is 0 Å². The van der Waals surface area contributed by atoms with Gasteiger partial charge in [-0.3, -0.25) is 10.2 Å². The molecule has 0 aliphatic heterocycles. The predicted octanol–water partition coefficient (Wildman–Crippen LogP) is 7.24.